The van der Waals surface area contributed by atoms with Crippen molar-refractivity contribution in [1.29, 1.82) is 0 Å². The fourth-order valence-electron chi connectivity index (χ4n) is 2.72. The molecule has 110 valence electrons. The molecule has 1 amide bonds. The number of benzene rings is 1. The van der Waals surface area contributed by atoms with Crippen molar-refractivity contribution in [3.63, 3.8) is 0 Å². The highest BCUT2D eigenvalue weighted by molar-refractivity contribution is 5.96. The molecular weight excluding hydrogens is 264 g/mol. The maximum absolute atomic E-state index is 12.5. The third kappa shape index (κ3) is 2.71. The Bertz CT molecular complexity index is 646. The fraction of sp³-hybridized carbons (Fsp3) is 0.412. The molecule has 4 nitrogen and oxygen atoms in total. The van der Waals surface area contributed by atoms with Gasteiger partial charge < -0.3 is 9.84 Å². The van der Waals surface area contributed by atoms with Gasteiger partial charge >= 0.3 is 0 Å². The van der Waals surface area contributed by atoms with Crippen molar-refractivity contribution in [1.82, 2.24) is 10.5 Å². The van der Waals surface area contributed by atoms with Crippen molar-refractivity contribution in [2.75, 3.05) is 0 Å². The van der Waals surface area contributed by atoms with E-state index in [1.807, 2.05) is 39.0 Å². The van der Waals surface area contributed by atoms with E-state index in [1.165, 1.54) is 5.56 Å². The van der Waals surface area contributed by atoms with Crippen LogP contribution in [0.2, 0.25) is 0 Å². The lowest BCUT2D eigenvalue weighted by atomic mass is 10.0. The van der Waals surface area contributed by atoms with Gasteiger partial charge in [-0.1, -0.05) is 49.3 Å². The van der Waals surface area contributed by atoms with Gasteiger partial charge in [-0.05, 0) is 18.9 Å². The van der Waals surface area contributed by atoms with Crippen molar-refractivity contribution in [3.8, 4) is 0 Å². The molecule has 1 aliphatic carbocycles. The summed E-state index contributed by atoms with van der Waals surface area (Å²) >= 11 is 0. The molecule has 0 unspecified atom stereocenters. The van der Waals surface area contributed by atoms with Crippen LogP contribution in [0, 0.1) is 6.92 Å². The number of aryl methyl sites for hydroxylation is 1. The largest absolute Gasteiger partial charge is 0.360 e. The predicted molar refractivity (Wildman–Crippen MR) is 80.4 cm³/mol. The number of aromatic nitrogens is 1. The maximum Gasteiger partial charge on any atom is 0.257 e. The van der Waals surface area contributed by atoms with E-state index < -0.39 is 0 Å². The normalized spacial score (nSPS) is 20.6. The number of amides is 1. The summed E-state index contributed by atoms with van der Waals surface area (Å²) < 4.78 is 5.28. The zero-order chi connectivity index (χ0) is 15.0. The Labute approximate surface area is 124 Å². The van der Waals surface area contributed by atoms with Crippen LogP contribution in [0.15, 0.2) is 34.9 Å². The molecule has 3 rings (SSSR count). The van der Waals surface area contributed by atoms with Crippen LogP contribution < -0.4 is 5.32 Å². The summed E-state index contributed by atoms with van der Waals surface area (Å²) in [5.41, 5.74) is 2.55. The minimum Gasteiger partial charge on any atom is -0.360 e. The monoisotopic (exact) mass is 284 g/mol. The molecule has 1 saturated carbocycles. The quantitative estimate of drug-likeness (QED) is 0.936. The van der Waals surface area contributed by atoms with Crippen molar-refractivity contribution in [2.45, 2.75) is 45.1 Å². The molecule has 0 spiro atoms. The van der Waals surface area contributed by atoms with E-state index in [9.17, 15) is 4.79 Å². The zero-order valence-corrected chi connectivity index (χ0v) is 12.6. The van der Waals surface area contributed by atoms with E-state index in [1.54, 1.807) is 0 Å². The number of hydrogen-bond donors (Lipinski definition) is 1. The first-order valence-corrected chi connectivity index (χ1v) is 7.40. The van der Waals surface area contributed by atoms with E-state index in [2.05, 4.69) is 22.6 Å². The van der Waals surface area contributed by atoms with E-state index in [0.717, 1.165) is 6.42 Å². The van der Waals surface area contributed by atoms with Crippen molar-refractivity contribution in [2.24, 2.45) is 0 Å². The molecule has 1 N–H and O–H groups in total. The Morgan fingerprint density at radius 1 is 1.33 bits per heavy atom. The second-order valence-corrected chi connectivity index (χ2v) is 5.99. The molecule has 0 radical (unpaired) electrons. The van der Waals surface area contributed by atoms with Crippen LogP contribution in [0.25, 0.3) is 0 Å². The molecular formula is C17H20N2O2. The second-order valence-electron chi connectivity index (χ2n) is 5.99. The smallest absolute Gasteiger partial charge is 0.257 e. The van der Waals surface area contributed by atoms with E-state index in [4.69, 9.17) is 4.52 Å². The maximum atomic E-state index is 12.5. The van der Waals surface area contributed by atoms with Crippen LogP contribution >= 0.6 is 0 Å². The first kappa shape index (κ1) is 13.9. The highest BCUT2D eigenvalue weighted by Gasteiger charge is 2.40. The Kier molecular flexibility index (Phi) is 3.53. The Morgan fingerprint density at radius 3 is 2.71 bits per heavy atom. The number of carbonyl (C=O) groups excluding carboxylic acids is 1. The molecule has 1 aromatic heterocycles. The number of hydrogen-bond acceptors (Lipinski definition) is 3. The molecule has 1 aromatic carbocycles. The van der Waals surface area contributed by atoms with Gasteiger partial charge in [0, 0.05) is 17.9 Å². The summed E-state index contributed by atoms with van der Waals surface area (Å²) in [6, 6.07) is 10.5. The Balaban J connectivity index is 1.70. The summed E-state index contributed by atoms with van der Waals surface area (Å²) in [7, 11) is 0. The summed E-state index contributed by atoms with van der Waals surface area (Å²) in [4.78, 5) is 12.5. The lowest BCUT2D eigenvalue weighted by molar-refractivity contribution is 0.0947. The number of rotatable bonds is 4. The van der Waals surface area contributed by atoms with Gasteiger partial charge in [0.1, 0.15) is 5.56 Å². The second kappa shape index (κ2) is 5.35. The third-order valence-electron chi connectivity index (χ3n) is 3.98. The van der Waals surface area contributed by atoms with Crippen LogP contribution in [0.4, 0.5) is 0 Å². The Hall–Kier alpha value is -2.10. The SMILES string of the molecule is Cc1noc(C(C)C)c1C(=O)N[C@@H]1C[C@@H]1c1ccccc1. The standard InChI is InChI=1S/C17H20N2O2/c1-10(2)16-15(11(3)19-21-16)17(20)18-14-9-13(14)12-7-5-4-6-8-12/h4-8,10,13-14H,9H2,1-3H3,(H,18,20)/t13-,14-/m1/s1. The average Bonchev–Trinajstić information content (AvgIpc) is 3.11. The molecule has 4 heteroatoms. The van der Waals surface area contributed by atoms with Gasteiger partial charge in [-0.15, -0.1) is 0 Å². The number of nitrogens with one attached hydrogen (secondary N) is 1. The van der Waals surface area contributed by atoms with Gasteiger partial charge in [0.2, 0.25) is 0 Å². The van der Waals surface area contributed by atoms with Crippen LogP contribution in [0.1, 0.15) is 59.5 Å². The van der Waals surface area contributed by atoms with Gasteiger partial charge in [-0.25, -0.2) is 0 Å². The molecule has 2 aromatic rings. The Morgan fingerprint density at radius 2 is 2.05 bits per heavy atom. The molecule has 0 aliphatic heterocycles. The average molecular weight is 284 g/mol. The minimum absolute atomic E-state index is 0.0686. The first-order chi connectivity index (χ1) is 10.1. The van der Waals surface area contributed by atoms with Gasteiger partial charge in [0.05, 0.1) is 5.69 Å². The number of carbonyl (C=O) groups is 1. The first-order valence-electron chi connectivity index (χ1n) is 7.40. The van der Waals surface area contributed by atoms with Gasteiger partial charge in [0.25, 0.3) is 5.91 Å². The van der Waals surface area contributed by atoms with Gasteiger partial charge in [-0.3, -0.25) is 4.79 Å². The van der Waals surface area contributed by atoms with Crippen LogP contribution in [0.5, 0.6) is 0 Å². The fourth-order valence-corrected chi connectivity index (χ4v) is 2.72. The summed E-state index contributed by atoms with van der Waals surface area (Å²) in [6.07, 6.45) is 0.997. The van der Waals surface area contributed by atoms with Crippen LogP contribution in [-0.2, 0) is 0 Å². The molecule has 0 bridgehead atoms. The van der Waals surface area contributed by atoms with Gasteiger partial charge in [-0.2, -0.15) is 0 Å². The predicted octanol–water partition coefficient (Wildman–Crippen LogP) is 3.39. The highest BCUT2D eigenvalue weighted by Crippen LogP contribution is 2.41. The summed E-state index contributed by atoms with van der Waals surface area (Å²) in [5, 5.41) is 7.03. The van der Waals surface area contributed by atoms with E-state index in [0.29, 0.717) is 22.9 Å². The summed E-state index contributed by atoms with van der Waals surface area (Å²) in [6.45, 7) is 5.81. The minimum atomic E-state index is -0.0686. The molecule has 1 fully saturated rings. The van der Waals surface area contributed by atoms with E-state index in [-0.39, 0.29) is 17.9 Å². The highest BCUT2D eigenvalue weighted by atomic mass is 16.5. The van der Waals surface area contributed by atoms with Crippen molar-refractivity contribution >= 4 is 5.91 Å². The third-order valence-corrected chi connectivity index (χ3v) is 3.98. The lowest BCUT2D eigenvalue weighted by Crippen LogP contribution is -2.27. The molecule has 1 aliphatic rings. The zero-order valence-electron chi connectivity index (χ0n) is 12.6. The van der Waals surface area contributed by atoms with E-state index >= 15 is 0 Å². The molecule has 1 heterocycles. The molecule has 21 heavy (non-hydrogen) atoms. The topological polar surface area (TPSA) is 55.1 Å². The van der Waals surface area contributed by atoms with Crippen LogP contribution in [-0.4, -0.2) is 17.1 Å². The van der Waals surface area contributed by atoms with Crippen molar-refractivity contribution in [3.05, 3.63) is 52.9 Å². The lowest BCUT2D eigenvalue weighted by Gasteiger charge is -2.07. The molecule has 2 atom stereocenters. The summed E-state index contributed by atoms with van der Waals surface area (Å²) in [5.74, 6) is 1.18. The number of nitrogens with zero attached hydrogens (tertiary/aromatic N) is 1. The van der Waals surface area contributed by atoms with Gasteiger partial charge in [0.15, 0.2) is 5.76 Å². The van der Waals surface area contributed by atoms with Crippen LogP contribution in [0.3, 0.4) is 0 Å². The molecule has 0 saturated heterocycles. The van der Waals surface area contributed by atoms with Crippen molar-refractivity contribution < 1.29 is 9.32 Å².